The number of carbonyl (C=O) groups excluding carboxylic acids is 8. The molecule has 23 nitrogen and oxygen atoms in total. The lowest BCUT2D eigenvalue weighted by molar-refractivity contribution is -0.156. The number of phenolic OH excluding ortho intramolecular Hbond substituents is 3. The number of alkyl halides is 1. The zero-order valence-electron chi connectivity index (χ0n) is 63.9. The van der Waals surface area contributed by atoms with E-state index >= 15 is 0 Å². The van der Waals surface area contributed by atoms with E-state index in [2.05, 4.69) is 38.0 Å². The number of phenols is 3. The van der Waals surface area contributed by atoms with Crippen LogP contribution in [-0.4, -0.2) is 117 Å². The number of nitrogens with one attached hydrogen (secondary N) is 2. The van der Waals surface area contributed by atoms with Gasteiger partial charge in [0, 0.05) is 23.5 Å². The Balaban J connectivity index is 0.000000200. The van der Waals surface area contributed by atoms with Crippen molar-refractivity contribution in [2.45, 2.75) is 238 Å². The van der Waals surface area contributed by atoms with Crippen LogP contribution in [0.5, 0.6) is 23.0 Å². The van der Waals surface area contributed by atoms with Gasteiger partial charge < -0.3 is 68.8 Å². The monoisotopic (exact) mass is 1570 g/mol. The van der Waals surface area contributed by atoms with Crippen LogP contribution in [0.25, 0.3) is 11.0 Å². The number of imide groups is 1. The van der Waals surface area contributed by atoms with Crippen LogP contribution in [0.1, 0.15) is 240 Å². The van der Waals surface area contributed by atoms with Crippen molar-refractivity contribution >= 4 is 81.6 Å². The average molecular weight is 1570 g/mol. The third-order valence-corrected chi connectivity index (χ3v) is 18.3. The van der Waals surface area contributed by atoms with E-state index in [0.29, 0.717) is 41.2 Å². The maximum Gasteiger partial charge on any atom is 0.519 e. The van der Waals surface area contributed by atoms with E-state index < -0.39 is 64.9 Å². The van der Waals surface area contributed by atoms with E-state index in [1.165, 1.54) is 28.7 Å². The number of fused-ring (bicyclic) bond motifs is 6. The fourth-order valence-corrected chi connectivity index (χ4v) is 13.7. The number of benzene rings is 5. The van der Waals surface area contributed by atoms with Crippen LogP contribution in [0.4, 0.5) is 18.8 Å². The summed E-state index contributed by atoms with van der Waals surface area (Å²) < 4.78 is 57.9. The summed E-state index contributed by atoms with van der Waals surface area (Å²) in [5.74, 6) is 0.622. The first-order valence-electron chi connectivity index (χ1n) is 35.7. The quantitative estimate of drug-likeness (QED) is 0.0244. The first-order valence-corrected chi connectivity index (χ1v) is 36.0. The highest BCUT2D eigenvalue weighted by atomic mass is 127. The molecule has 1 fully saturated rings. The van der Waals surface area contributed by atoms with Crippen LogP contribution >= 0.6 is 22.6 Å². The smallest absolute Gasteiger partial charge is 0.508 e. The van der Waals surface area contributed by atoms with Gasteiger partial charge in [0.25, 0.3) is 11.8 Å². The molecule has 5 atom stereocenters. The van der Waals surface area contributed by atoms with Crippen LogP contribution in [0.3, 0.4) is 0 Å². The predicted molar refractivity (Wildman–Crippen MR) is 400 cm³/mol. The van der Waals surface area contributed by atoms with Crippen molar-refractivity contribution in [3.05, 3.63) is 150 Å². The molecule has 6 aromatic rings. The van der Waals surface area contributed by atoms with Crippen molar-refractivity contribution in [1.82, 2.24) is 15.5 Å². The van der Waals surface area contributed by atoms with Gasteiger partial charge in [0.2, 0.25) is 0 Å². The molecule has 570 valence electrons. The van der Waals surface area contributed by atoms with E-state index in [4.69, 9.17) is 45.0 Å². The van der Waals surface area contributed by atoms with Gasteiger partial charge in [-0.1, -0.05) is 18.2 Å². The third kappa shape index (κ3) is 23.5. The standard InChI is InChI=1S/C30H31N3O7.C15H19IO3.C15H20O3.C10H18O5.C9H11NO.CH3F/c1-29(2,3)40-25(34)11-17-6-5-16-9-19-10-24(39-23(19)13-21(16)17)30(27(36)31-28(37)32-30)15-33-14-18-7-8-20(38-4)12-22(18)26(33)35;1-15(2,3)19-14(18)7-10-5-4-9-6-12(16)13(17)8-11(9)10;1-15(2,3)18-14(17)8-11-5-4-10-6-7-12(16)9-13(10)11;1-9(2,3)14-7(11)13-8(12)15-10(4,5)6;10-9-4-2-6-1-3-7(11)5-8(6)9;1-2/h7-10,12-13,17H,5-6,11,14-15H2,1-4H3,(H2,31,32,36,37);6,8,10,17H,4-5,7H2,1-3H3;6-7,9,11,16H,4-5,8H2,1-3H3;1-6H3;1,3,5,9,11H,2,4,10H2;1H3/t17-,30+;10-;11-;;9-;/m111.0./s1/i;;;;;1D. The first-order chi connectivity index (χ1) is 49.2. The SMILES string of the molecule is CC(C)(C)OC(=O)C[C@H]1CCc2cc(I)c(O)cc21.CC(C)(C)OC(=O)C[C@H]1CCc2ccc(O)cc21.CC(C)(C)OC(=O)OC(=O)OC(C)(C)C.COc1ccc2c(c1)C(=O)N(C[C@@]1(c3cc4cc5c(cc4o3)[C@@H](CC(=O)OC(C)(C)C)CC5)NC(=O)NC1=O)C2.N[C@H]1CCc2ccc(O)cc21.[2H]CF. The number of nitrogens with zero attached hydrogens (tertiary/aromatic N) is 1. The lowest BCUT2D eigenvalue weighted by atomic mass is 9.94. The number of halogens is 2. The Labute approximate surface area is 628 Å². The van der Waals surface area contributed by atoms with Crippen molar-refractivity contribution in [3.8, 4) is 23.0 Å². The fourth-order valence-electron chi connectivity index (χ4n) is 13.2. The van der Waals surface area contributed by atoms with Crippen LogP contribution in [0.2, 0.25) is 0 Å². The molecule has 6 aliphatic rings. The van der Waals surface area contributed by atoms with Crippen molar-refractivity contribution in [1.29, 1.82) is 0 Å². The summed E-state index contributed by atoms with van der Waals surface area (Å²) in [6, 6.07) is 25.1. The van der Waals surface area contributed by atoms with E-state index in [1.807, 2.05) is 98.7 Å². The number of amides is 4. The molecular formula is C80H102FIN4O19. The molecule has 0 spiro atoms. The number of methoxy groups -OCH3 is 1. The molecule has 12 rings (SSSR count). The number of nitrogens with two attached hydrogens (primary N) is 1. The molecule has 0 unspecified atom stereocenters. The van der Waals surface area contributed by atoms with Gasteiger partial charge in [-0.3, -0.25) is 33.7 Å². The van der Waals surface area contributed by atoms with E-state index in [9.17, 15) is 53.0 Å². The number of furan rings is 1. The molecular weight excluding hydrogens is 1470 g/mol. The normalized spacial score (nSPS) is 18.9. The van der Waals surface area contributed by atoms with E-state index in [0.717, 1.165) is 93.7 Å². The number of aryl methyl sites for hydroxylation is 4. The van der Waals surface area contributed by atoms with Crippen molar-refractivity contribution in [2.24, 2.45) is 5.73 Å². The molecule has 4 aliphatic carbocycles. The number of urea groups is 1. The molecule has 0 radical (unpaired) electrons. The highest BCUT2D eigenvalue weighted by Gasteiger charge is 2.53. The Morgan fingerprint density at radius 2 is 1.03 bits per heavy atom. The summed E-state index contributed by atoms with van der Waals surface area (Å²) in [6.07, 6.45) is 6.51. The van der Waals surface area contributed by atoms with Gasteiger partial charge in [-0.05, 0) is 312 Å². The molecule has 7 N–H and O–H groups in total. The Bertz CT molecular complexity index is 4190. The van der Waals surface area contributed by atoms with Crippen molar-refractivity contribution in [3.63, 3.8) is 0 Å². The summed E-state index contributed by atoms with van der Waals surface area (Å²) in [6.45, 7) is 27.0. The zero-order valence-corrected chi connectivity index (χ0v) is 65.1. The number of hydrogen-bond acceptors (Lipinski definition) is 20. The van der Waals surface area contributed by atoms with Crippen LogP contribution < -0.4 is 21.1 Å². The van der Waals surface area contributed by atoms with E-state index in [-0.39, 0.29) is 78.6 Å². The number of rotatable bonds is 10. The molecule has 4 amide bonds. The second kappa shape index (κ2) is 34.1. The minimum Gasteiger partial charge on any atom is -0.508 e. The molecule has 5 aromatic carbocycles. The van der Waals surface area contributed by atoms with Gasteiger partial charge in [0.1, 0.15) is 62.3 Å². The highest BCUT2D eigenvalue weighted by molar-refractivity contribution is 14.1. The minimum absolute atomic E-state index is 0.00367. The molecule has 1 saturated heterocycles. The topological polar surface area (TPSA) is 328 Å². The van der Waals surface area contributed by atoms with Crippen LogP contribution in [0, 0.1) is 3.57 Å². The Morgan fingerprint density at radius 1 is 0.590 bits per heavy atom. The summed E-state index contributed by atoms with van der Waals surface area (Å²) in [7, 11) is 0.531. The Hall–Kier alpha value is -8.98. The van der Waals surface area contributed by atoms with Gasteiger partial charge in [0.05, 0.1) is 45.0 Å². The number of aromatic hydroxyl groups is 3. The maximum atomic E-state index is 13.3. The third-order valence-electron chi connectivity index (χ3n) is 17.4. The largest absolute Gasteiger partial charge is 0.519 e. The van der Waals surface area contributed by atoms with Gasteiger partial charge in [-0.2, -0.15) is 0 Å². The van der Waals surface area contributed by atoms with Gasteiger partial charge in [0.15, 0.2) is 5.54 Å². The number of esters is 3. The second-order valence-corrected chi connectivity index (χ2v) is 32.9. The number of carbonyl (C=O) groups is 8. The summed E-state index contributed by atoms with van der Waals surface area (Å²) in [5.41, 5.74) is 12.5. The molecule has 2 aliphatic heterocycles. The second-order valence-electron chi connectivity index (χ2n) is 31.7. The molecule has 0 bridgehead atoms. The van der Waals surface area contributed by atoms with Gasteiger partial charge in [-0.25, -0.2) is 14.4 Å². The molecule has 1 aromatic heterocycles. The first kappa shape index (κ1) is 81.7. The summed E-state index contributed by atoms with van der Waals surface area (Å²) in [4.78, 5) is 98.7. The zero-order chi connectivity index (χ0) is 78.8. The Morgan fingerprint density at radius 3 is 1.50 bits per heavy atom. The molecule has 105 heavy (non-hydrogen) atoms. The van der Waals surface area contributed by atoms with Crippen molar-refractivity contribution < 1.29 is 97.0 Å². The summed E-state index contributed by atoms with van der Waals surface area (Å²) >= 11 is 2.13. The predicted octanol–water partition coefficient (Wildman–Crippen LogP) is 15.6. The Kier molecular flexibility index (Phi) is 26.5. The molecule has 0 saturated carbocycles. The van der Waals surface area contributed by atoms with Crippen LogP contribution in [0.15, 0.2) is 89.3 Å². The molecule has 25 heteroatoms. The van der Waals surface area contributed by atoms with Crippen LogP contribution in [-0.2, 0) is 85.4 Å². The molecule has 3 heterocycles. The number of hydrogen-bond donors (Lipinski definition) is 6. The summed E-state index contributed by atoms with van der Waals surface area (Å²) in [5, 5.41) is 34.3. The van der Waals surface area contributed by atoms with Gasteiger partial charge >= 0.3 is 36.2 Å². The lowest BCUT2D eigenvalue weighted by Crippen LogP contribution is -2.52. The number of ether oxygens (including phenoxy) is 7. The van der Waals surface area contributed by atoms with E-state index in [1.54, 1.807) is 90.1 Å². The maximum absolute atomic E-state index is 13.3. The van der Waals surface area contributed by atoms with Gasteiger partial charge in [-0.15, -0.1) is 0 Å². The average Bonchev–Trinajstić information content (AvgIpc) is 1.59. The highest BCUT2D eigenvalue weighted by Crippen LogP contribution is 2.44. The lowest BCUT2D eigenvalue weighted by Gasteiger charge is -2.29. The van der Waals surface area contributed by atoms with Crippen molar-refractivity contribution in [2.75, 3.05) is 20.8 Å². The fraction of sp³-hybridized carbons (Fsp3) is 0.500. The minimum atomic E-state index is -1.60.